The van der Waals surface area contributed by atoms with Gasteiger partial charge in [-0.25, -0.2) is 8.78 Å². The Bertz CT molecular complexity index is 457. The quantitative estimate of drug-likeness (QED) is 0.753. The molecule has 0 spiro atoms. The Morgan fingerprint density at radius 2 is 1.93 bits per heavy atom. The van der Waals surface area contributed by atoms with Crippen molar-refractivity contribution in [3.05, 3.63) is 59.4 Å². The summed E-state index contributed by atoms with van der Waals surface area (Å²) in [7, 11) is 0. The lowest BCUT2D eigenvalue weighted by Gasteiger charge is -2.00. The maximum absolute atomic E-state index is 12.9. The van der Waals surface area contributed by atoms with Gasteiger partial charge >= 0.3 is 0 Å². The largest absolute Gasteiger partial charge is 0.204 e. The van der Waals surface area contributed by atoms with Crippen LogP contribution in [0.3, 0.4) is 0 Å². The van der Waals surface area contributed by atoms with Crippen LogP contribution in [0.1, 0.15) is 11.3 Å². The van der Waals surface area contributed by atoms with Crippen molar-refractivity contribution in [2.45, 2.75) is 6.42 Å². The molecular weight excluding hydrogens is 198 g/mol. The fourth-order valence-corrected chi connectivity index (χ4v) is 1.29. The van der Waals surface area contributed by atoms with Gasteiger partial charge in [-0.2, -0.15) is 10.2 Å². The van der Waals surface area contributed by atoms with Crippen molar-refractivity contribution in [3.8, 4) is 0 Å². The van der Waals surface area contributed by atoms with Crippen molar-refractivity contribution in [1.82, 2.24) is 10.2 Å². The van der Waals surface area contributed by atoms with Crippen molar-refractivity contribution < 1.29 is 8.78 Å². The Hall–Kier alpha value is -1.84. The molecule has 0 unspecified atom stereocenters. The molecule has 0 fully saturated rings. The Balaban J connectivity index is 2.22. The molecule has 1 heterocycles. The summed E-state index contributed by atoms with van der Waals surface area (Å²) in [6.07, 6.45) is 2.01. The lowest BCUT2D eigenvalue weighted by molar-refractivity contribution is 0.507. The van der Waals surface area contributed by atoms with Crippen molar-refractivity contribution >= 4 is 0 Å². The number of rotatable bonds is 2. The minimum atomic E-state index is -0.837. The van der Waals surface area contributed by atoms with E-state index >= 15 is 0 Å². The van der Waals surface area contributed by atoms with Crippen LogP contribution in [-0.2, 0) is 6.42 Å². The lowest BCUT2D eigenvalue weighted by atomic mass is 10.1. The number of benzene rings is 1. The molecule has 0 saturated heterocycles. The highest BCUT2D eigenvalue weighted by Crippen LogP contribution is 2.11. The van der Waals surface area contributed by atoms with Crippen molar-refractivity contribution in [2.75, 3.05) is 0 Å². The van der Waals surface area contributed by atoms with E-state index in [0.717, 1.165) is 11.8 Å². The predicted octanol–water partition coefficient (Wildman–Crippen LogP) is 2.35. The second-order valence-electron chi connectivity index (χ2n) is 3.14. The number of hydrogen-bond donors (Lipinski definition) is 0. The molecule has 0 amide bonds. The van der Waals surface area contributed by atoms with Gasteiger partial charge in [-0.1, -0.05) is 6.07 Å². The predicted molar refractivity (Wildman–Crippen MR) is 51.2 cm³/mol. The van der Waals surface area contributed by atoms with Crippen LogP contribution in [-0.4, -0.2) is 10.2 Å². The maximum Gasteiger partial charge on any atom is 0.159 e. The molecule has 2 rings (SSSR count). The van der Waals surface area contributed by atoms with Gasteiger partial charge in [0.15, 0.2) is 11.6 Å². The summed E-state index contributed by atoms with van der Waals surface area (Å²) in [6.45, 7) is 0. The Morgan fingerprint density at radius 3 is 2.60 bits per heavy atom. The van der Waals surface area contributed by atoms with Crippen molar-refractivity contribution in [1.29, 1.82) is 0 Å². The van der Waals surface area contributed by atoms with Crippen LogP contribution >= 0.6 is 0 Å². The van der Waals surface area contributed by atoms with Crippen LogP contribution in [0.2, 0.25) is 0 Å². The molecule has 1 aromatic heterocycles. The SMILES string of the molecule is Fc1ccc(Cc2cccnn2)cc1F. The van der Waals surface area contributed by atoms with Crippen LogP contribution in [0.25, 0.3) is 0 Å². The van der Waals surface area contributed by atoms with E-state index in [1.807, 2.05) is 0 Å². The van der Waals surface area contributed by atoms with E-state index in [1.54, 1.807) is 18.3 Å². The van der Waals surface area contributed by atoms with E-state index in [-0.39, 0.29) is 0 Å². The molecule has 0 saturated carbocycles. The third-order valence-corrected chi connectivity index (χ3v) is 2.00. The van der Waals surface area contributed by atoms with Gasteiger partial charge in [0, 0.05) is 12.6 Å². The molecular formula is C11H8F2N2. The fourth-order valence-electron chi connectivity index (χ4n) is 1.29. The molecule has 4 heteroatoms. The topological polar surface area (TPSA) is 25.8 Å². The van der Waals surface area contributed by atoms with Gasteiger partial charge in [0.05, 0.1) is 5.69 Å². The zero-order valence-electron chi connectivity index (χ0n) is 7.82. The van der Waals surface area contributed by atoms with Crippen LogP contribution in [0, 0.1) is 11.6 Å². The van der Waals surface area contributed by atoms with Gasteiger partial charge in [0.2, 0.25) is 0 Å². The highest BCUT2D eigenvalue weighted by atomic mass is 19.2. The van der Waals surface area contributed by atoms with Gasteiger partial charge < -0.3 is 0 Å². The molecule has 1 aromatic carbocycles. The minimum absolute atomic E-state index is 0.449. The van der Waals surface area contributed by atoms with Crippen LogP contribution in [0.15, 0.2) is 36.5 Å². The monoisotopic (exact) mass is 206 g/mol. The Morgan fingerprint density at radius 1 is 1.07 bits per heavy atom. The first-order chi connectivity index (χ1) is 7.25. The molecule has 0 radical (unpaired) electrons. The van der Waals surface area contributed by atoms with Gasteiger partial charge in [0.1, 0.15) is 0 Å². The van der Waals surface area contributed by atoms with Crippen LogP contribution in [0.4, 0.5) is 8.78 Å². The number of nitrogens with zero attached hydrogens (tertiary/aromatic N) is 2. The molecule has 0 bridgehead atoms. The summed E-state index contributed by atoms with van der Waals surface area (Å²) in [5, 5.41) is 7.56. The maximum atomic E-state index is 12.9. The van der Waals surface area contributed by atoms with Crippen molar-refractivity contribution in [3.63, 3.8) is 0 Å². The normalized spacial score (nSPS) is 10.3. The van der Waals surface area contributed by atoms with Gasteiger partial charge in [-0.05, 0) is 29.8 Å². The zero-order valence-corrected chi connectivity index (χ0v) is 7.82. The number of halogens is 2. The van der Waals surface area contributed by atoms with E-state index in [1.165, 1.54) is 12.1 Å². The summed E-state index contributed by atoms with van der Waals surface area (Å²) < 4.78 is 25.5. The fraction of sp³-hybridized carbons (Fsp3) is 0.0909. The minimum Gasteiger partial charge on any atom is -0.204 e. The highest BCUT2D eigenvalue weighted by Gasteiger charge is 2.03. The summed E-state index contributed by atoms with van der Waals surface area (Å²) in [4.78, 5) is 0. The first-order valence-corrected chi connectivity index (χ1v) is 4.46. The summed E-state index contributed by atoms with van der Waals surface area (Å²) in [6, 6.07) is 7.36. The molecule has 0 aliphatic heterocycles. The molecule has 15 heavy (non-hydrogen) atoms. The smallest absolute Gasteiger partial charge is 0.159 e. The van der Waals surface area contributed by atoms with E-state index in [0.29, 0.717) is 12.0 Å². The molecule has 2 aromatic rings. The molecule has 2 nitrogen and oxygen atoms in total. The van der Waals surface area contributed by atoms with Crippen LogP contribution < -0.4 is 0 Å². The van der Waals surface area contributed by atoms with E-state index in [9.17, 15) is 8.78 Å². The summed E-state index contributed by atoms with van der Waals surface area (Å²) in [5.41, 5.74) is 1.40. The van der Waals surface area contributed by atoms with Crippen molar-refractivity contribution in [2.24, 2.45) is 0 Å². The summed E-state index contributed by atoms with van der Waals surface area (Å²) in [5.74, 6) is -1.67. The average Bonchev–Trinajstić information content (AvgIpc) is 2.25. The molecule has 0 aliphatic carbocycles. The first kappa shape index (κ1) is 9.71. The number of aromatic nitrogens is 2. The standard InChI is InChI=1S/C11H8F2N2/c12-10-4-3-8(7-11(10)13)6-9-2-1-5-14-15-9/h1-5,7H,6H2. The number of hydrogen-bond acceptors (Lipinski definition) is 2. The zero-order chi connectivity index (χ0) is 10.7. The average molecular weight is 206 g/mol. The third kappa shape index (κ3) is 2.34. The van der Waals surface area contributed by atoms with E-state index in [4.69, 9.17) is 0 Å². The third-order valence-electron chi connectivity index (χ3n) is 2.00. The van der Waals surface area contributed by atoms with E-state index < -0.39 is 11.6 Å². The molecule has 0 atom stereocenters. The molecule has 0 aliphatic rings. The molecule has 76 valence electrons. The molecule has 0 N–H and O–H groups in total. The Kier molecular flexibility index (Phi) is 2.67. The lowest BCUT2D eigenvalue weighted by Crippen LogP contribution is -1.95. The van der Waals surface area contributed by atoms with E-state index in [2.05, 4.69) is 10.2 Å². The highest BCUT2D eigenvalue weighted by molar-refractivity contribution is 5.22. The van der Waals surface area contributed by atoms with Gasteiger partial charge in [0.25, 0.3) is 0 Å². The second-order valence-corrected chi connectivity index (χ2v) is 3.14. The van der Waals surface area contributed by atoms with Crippen LogP contribution in [0.5, 0.6) is 0 Å². The second kappa shape index (κ2) is 4.13. The Labute approximate surface area is 85.6 Å². The first-order valence-electron chi connectivity index (χ1n) is 4.46. The summed E-state index contributed by atoms with van der Waals surface area (Å²) >= 11 is 0. The van der Waals surface area contributed by atoms with Gasteiger partial charge in [-0.15, -0.1) is 0 Å². The van der Waals surface area contributed by atoms with Gasteiger partial charge in [-0.3, -0.25) is 0 Å².